The standard InChI is InChI=1S/C24H25F3N2O/c25-24(26,27)20-4-2-1-3-18(20)15-7-9-17(10-8-15)23(30)22-19(16-5-6-16)11-12-29-14-28-13-21(22)29/h1-4,11-17,23,30H,5-10H2/t15-,17-,23-/m1/s1. The third kappa shape index (κ3) is 3.51. The Morgan fingerprint density at radius 2 is 1.60 bits per heavy atom. The van der Waals surface area contributed by atoms with Crippen LogP contribution in [0.15, 0.2) is 49.1 Å². The van der Waals surface area contributed by atoms with Gasteiger partial charge in [-0.05, 0) is 79.5 Å². The molecule has 1 aromatic carbocycles. The van der Waals surface area contributed by atoms with Crippen LogP contribution >= 0.6 is 0 Å². The van der Waals surface area contributed by atoms with Crippen molar-refractivity contribution < 1.29 is 18.3 Å². The van der Waals surface area contributed by atoms with E-state index in [4.69, 9.17) is 0 Å². The Bertz CT molecular complexity index is 1050. The molecule has 0 saturated heterocycles. The predicted octanol–water partition coefficient (Wildman–Crippen LogP) is 6.24. The van der Waals surface area contributed by atoms with E-state index in [9.17, 15) is 18.3 Å². The minimum atomic E-state index is -4.33. The van der Waals surface area contributed by atoms with Gasteiger partial charge in [-0.1, -0.05) is 18.2 Å². The number of aromatic nitrogens is 2. The maximum Gasteiger partial charge on any atom is 0.416 e. The smallest absolute Gasteiger partial charge is 0.388 e. The van der Waals surface area contributed by atoms with Gasteiger partial charge in [0.05, 0.1) is 29.7 Å². The van der Waals surface area contributed by atoms with E-state index in [0.717, 1.165) is 36.8 Å². The van der Waals surface area contributed by atoms with Gasteiger partial charge in [-0.25, -0.2) is 4.98 Å². The number of nitrogens with zero attached hydrogens (tertiary/aromatic N) is 2. The summed E-state index contributed by atoms with van der Waals surface area (Å²) in [6.45, 7) is 0. The number of aliphatic hydroxyl groups excluding tert-OH is 1. The van der Waals surface area contributed by atoms with Crippen LogP contribution in [0, 0.1) is 5.92 Å². The molecule has 2 fully saturated rings. The fraction of sp³-hybridized carbons (Fsp3) is 0.458. The van der Waals surface area contributed by atoms with Crippen LogP contribution < -0.4 is 0 Å². The van der Waals surface area contributed by atoms with Crippen LogP contribution in [0.1, 0.15) is 78.7 Å². The van der Waals surface area contributed by atoms with Gasteiger partial charge in [0.15, 0.2) is 0 Å². The Morgan fingerprint density at radius 1 is 0.933 bits per heavy atom. The molecule has 158 valence electrons. The molecule has 0 spiro atoms. The predicted molar refractivity (Wildman–Crippen MR) is 108 cm³/mol. The number of pyridine rings is 1. The fourth-order valence-corrected chi connectivity index (χ4v) is 5.20. The van der Waals surface area contributed by atoms with Crippen molar-refractivity contribution in [3.8, 4) is 0 Å². The molecular formula is C24H25F3N2O. The maximum atomic E-state index is 13.4. The van der Waals surface area contributed by atoms with Crippen molar-refractivity contribution in [2.75, 3.05) is 0 Å². The number of benzene rings is 1. The molecule has 1 N–H and O–H groups in total. The summed E-state index contributed by atoms with van der Waals surface area (Å²) in [6.07, 6.45) is 5.65. The lowest BCUT2D eigenvalue weighted by Crippen LogP contribution is -2.22. The van der Waals surface area contributed by atoms with E-state index < -0.39 is 17.8 Å². The summed E-state index contributed by atoms with van der Waals surface area (Å²) in [4.78, 5) is 4.24. The van der Waals surface area contributed by atoms with E-state index in [0.29, 0.717) is 24.3 Å². The molecule has 3 aromatic rings. The minimum Gasteiger partial charge on any atom is -0.388 e. The molecule has 0 amide bonds. The van der Waals surface area contributed by atoms with Crippen LogP contribution in [0.3, 0.4) is 0 Å². The van der Waals surface area contributed by atoms with Crippen LogP contribution in [-0.4, -0.2) is 14.5 Å². The Balaban J connectivity index is 1.38. The normalized spacial score (nSPS) is 23.6. The van der Waals surface area contributed by atoms with Gasteiger partial charge in [-0.15, -0.1) is 0 Å². The van der Waals surface area contributed by atoms with Crippen molar-refractivity contribution in [1.82, 2.24) is 9.38 Å². The highest BCUT2D eigenvalue weighted by atomic mass is 19.4. The molecule has 30 heavy (non-hydrogen) atoms. The average Bonchev–Trinajstić information content (AvgIpc) is 3.48. The van der Waals surface area contributed by atoms with Gasteiger partial charge in [0.1, 0.15) is 0 Å². The Kier molecular flexibility index (Phi) is 4.85. The molecule has 6 heteroatoms. The zero-order chi connectivity index (χ0) is 20.9. The Labute approximate surface area is 173 Å². The van der Waals surface area contributed by atoms with Gasteiger partial charge in [-0.2, -0.15) is 13.2 Å². The van der Waals surface area contributed by atoms with E-state index in [1.165, 1.54) is 17.7 Å². The largest absolute Gasteiger partial charge is 0.416 e. The van der Waals surface area contributed by atoms with Gasteiger partial charge in [0.2, 0.25) is 0 Å². The molecule has 2 aliphatic carbocycles. The average molecular weight is 414 g/mol. The maximum absolute atomic E-state index is 13.4. The second-order valence-electron chi connectivity index (χ2n) is 8.79. The molecule has 0 bridgehead atoms. The van der Waals surface area contributed by atoms with Crippen molar-refractivity contribution in [3.63, 3.8) is 0 Å². The van der Waals surface area contributed by atoms with Crippen molar-refractivity contribution in [2.45, 2.75) is 62.6 Å². The Morgan fingerprint density at radius 3 is 2.30 bits per heavy atom. The third-order valence-corrected chi connectivity index (χ3v) is 6.91. The lowest BCUT2D eigenvalue weighted by atomic mass is 9.74. The van der Waals surface area contributed by atoms with Crippen molar-refractivity contribution in [2.24, 2.45) is 5.92 Å². The second-order valence-corrected chi connectivity index (χ2v) is 8.79. The highest BCUT2D eigenvalue weighted by Crippen LogP contribution is 2.48. The van der Waals surface area contributed by atoms with Crippen molar-refractivity contribution in [3.05, 3.63) is 71.3 Å². The molecule has 2 saturated carbocycles. The first-order valence-corrected chi connectivity index (χ1v) is 10.7. The van der Waals surface area contributed by atoms with Crippen molar-refractivity contribution in [1.29, 1.82) is 0 Å². The van der Waals surface area contributed by atoms with Crippen LogP contribution in [0.2, 0.25) is 0 Å². The number of hydrogen-bond acceptors (Lipinski definition) is 2. The molecule has 1 atom stereocenters. The number of halogens is 3. The van der Waals surface area contributed by atoms with Crippen LogP contribution in [0.25, 0.3) is 5.52 Å². The molecular weight excluding hydrogens is 389 g/mol. The summed E-state index contributed by atoms with van der Waals surface area (Å²) in [5.41, 5.74) is 3.00. The highest BCUT2D eigenvalue weighted by Gasteiger charge is 2.38. The SMILES string of the molecule is O[C@@H](c1c(C2CC2)ccn2cncc12)[C@H]1CC[C@H](c2ccccc2C(F)(F)F)CC1. The van der Waals surface area contributed by atoms with Gasteiger partial charge < -0.3 is 9.51 Å². The molecule has 5 rings (SSSR count). The molecule has 0 unspecified atom stereocenters. The fourth-order valence-electron chi connectivity index (χ4n) is 5.20. The monoisotopic (exact) mass is 414 g/mol. The number of fused-ring (bicyclic) bond motifs is 1. The summed E-state index contributed by atoms with van der Waals surface area (Å²) in [7, 11) is 0. The van der Waals surface area contributed by atoms with E-state index in [1.807, 2.05) is 10.6 Å². The summed E-state index contributed by atoms with van der Waals surface area (Å²) in [5.74, 6) is 0.447. The van der Waals surface area contributed by atoms with Gasteiger partial charge >= 0.3 is 6.18 Å². The number of aliphatic hydroxyl groups is 1. The molecule has 3 nitrogen and oxygen atoms in total. The summed E-state index contributed by atoms with van der Waals surface area (Å²) in [6, 6.07) is 8.03. The molecule has 2 aromatic heterocycles. The second kappa shape index (κ2) is 7.41. The van der Waals surface area contributed by atoms with E-state index in [-0.39, 0.29) is 11.8 Å². The third-order valence-electron chi connectivity index (χ3n) is 6.91. The molecule has 2 aliphatic rings. The van der Waals surface area contributed by atoms with E-state index >= 15 is 0 Å². The minimum absolute atomic E-state index is 0.0536. The molecule has 2 heterocycles. The van der Waals surface area contributed by atoms with Crippen LogP contribution in [0.5, 0.6) is 0 Å². The van der Waals surface area contributed by atoms with Gasteiger partial charge in [0, 0.05) is 11.8 Å². The first-order chi connectivity index (χ1) is 14.4. The molecule has 0 radical (unpaired) electrons. The molecule has 0 aliphatic heterocycles. The summed E-state index contributed by atoms with van der Waals surface area (Å²) in [5, 5.41) is 11.3. The van der Waals surface area contributed by atoms with Crippen LogP contribution in [-0.2, 0) is 6.18 Å². The lowest BCUT2D eigenvalue weighted by Gasteiger charge is -2.33. The van der Waals surface area contributed by atoms with Gasteiger partial charge in [0.25, 0.3) is 0 Å². The quantitative estimate of drug-likeness (QED) is 0.549. The number of alkyl halides is 3. The number of rotatable bonds is 4. The zero-order valence-electron chi connectivity index (χ0n) is 16.6. The zero-order valence-corrected chi connectivity index (χ0v) is 16.6. The van der Waals surface area contributed by atoms with Crippen molar-refractivity contribution >= 4 is 5.52 Å². The van der Waals surface area contributed by atoms with Crippen LogP contribution in [0.4, 0.5) is 13.2 Å². The first kappa shape index (κ1) is 19.6. The van der Waals surface area contributed by atoms with E-state index in [1.54, 1.807) is 24.7 Å². The van der Waals surface area contributed by atoms with Gasteiger partial charge in [-0.3, -0.25) is 0 Å². The number of imidazole rings is 1. The lowest BCUT2D eigenvalue weighted by molar-refractivity contribution is -0.138. The topological polar surface area (TPSA) is 37.5 Å². The summed E-state index contributed by atoms with van der Waals surface area (Å²) < 4.78 is 42.2. The first-order valence-electron chi connectivity index (χ1n) is 10.7. The summed E-state index contributed by atoms with van der Waals surface area (Å²) >= 11 is 0. The van der Waals surface area contributed by atoms with E-state index in [2.05, 4.69) is 11.1 Å². The Hall–Kier alpha value is -2.34. The number of hydrogen-bond donors (Lipinski definition) is 1. The highest BCUT2D eigenvalue weighted by molar-refractivity contribution is 5.59.